The van der Waals surface area contributed by atoms with Gasteiger partial charge in [-0.25, -0.2) is 0 Å². The van der Waals surface area contributed by atoms with Gasteiger partial charge in [-0.2, -0.15) is 0 Å². The highest BCUT2D eigenvalue weighted by atomic mass is 16.5. The van der Waals surface area contributed by atoms with Gasteiger partial charge < -0.3 is 14.6 Å². The highest BCUT2D eigenvalue weighted by Gasteiger charge is 2.57. The molecule has 1 aromatic carbocycles. The lowest BCUT2D eigenvalue weighted by Crippen LogP contribution is -2.57. The van der Waals surface area contributed by atoms with Crippen molar-refractivity contribution in [2.24, 2.45) is 17.3 Å². The molecule has 164 valence electrons. The molecule has 2 unspecified atom stereocenters. The number of ether oxygens (including phenoxy) is 2. The molecular formula is C23H32N2O5. The van der Waals surface area contributed by atoms with Gasteiger partial charge in [-0.15, -0.1) is 0 Å². The van der Waals surface area contributed by atoms with E-state index in [1.54, 1.807) is 31.2 Å². The molecule has 5 atom stereocenters. The van der Waals surface area contributed by atoms with Crippen molar-refractivity contribution in [3.63, 3.8) is 0 Å². The fourth-order valence-electron chi connectivity index (χ4n) is 6.27. The average molecular weight is 417 g/mol. The van der Waals surface area contributed by atoms with E-state index in [-0.39, 0.29) is 11.3 Å². The molecule has 0 heterocycles. The number of hydrogen-bond acceptors (Lipinski definition) is 5. The van der Waals surface area contributed by atoms with Crippen LogP contribution in [-0.4, -0.2) is 35.2 Å². The zero-order chi connectivity index (χ0) is 21.4. The lowest BCUT2D eigenvalue weighted by molar-refractivity contribution is -0.169. The molecule has 0 aromatic heterocycles. The van der Waals surface area contributed by atoms with Crippen LogP contribution < -0.4 is 20.3 Å². The Morgan fingerprint density at radius 2 is 1.73 bits per heavy atom. The second-order valence-electron chi connectivity index (χ2n) is 9.56. The van der Waals surface area contributed by atoms with E-state index >= 15 is 0 Å². The lowest BCUT2D eigenvalue weighted by Gasteiger charge is -2.60. The van der Waals surface area contributed by atoms with Crippen molar-refractivity contribution in [1.29, 1.82) is 0 Å². The maximum absolute atomic E-state index is 12.6. The first-order valence-corrected chi connectivity index (χ1v) is 11.0. The van der Waals surface area contributed by atoms with E-state index in [0.717, 1.165) is 31.4 Å². The van der Waals surface area contributed by atoms with Gasteiger partial charge in [0.25, 0.3) is 5.91 Å². The van der Waals surface area contributed by atoms with Crippen LogP contribution in [0.1, 0.15) is 58.8 Å². The molecule has 0 aliphatic heterocycles. The summed E-state index contributed by atoms with van der Waals surface area (Å²) in [6.45, 7) is 4.13. The molecule has 7 nitrogen and oxygen atoms in total. The van der Waals surface area contributed by atoms with E-state index in [4.69, 9.17) is 9.47 Å². The molecule has 4 aliphatic rings. The molecule has 5 rings (SSSR count). The fourth-order valence-corrected chi connectivity index (χ4v) is 6.27. The summed E-state index contributed by atoms with van der Waals surface area (Å²) in [5.41, 5.74) is 4.30. The molecule has 4 bridgehead atoms. The van der Waals surface area contributed by atoms with E-state index in [1.807, 2.05) is 6.92 Å². The molecule has 4 fully saturated rings. The molecule has 30 heavy (non-hydrogen) atoms. The van der Waals surface area contributed by atoms with E-state index in [0.29, 0.717) is 37.0 Å². The SMILES string of the molecule is CCOc1ccc(O[C@H](C)C(=O)NNC(=O)CC23C[C@@H]4C[C@@H](CC(O)(C4)C2)C3)cc1. The topological polar surface area (TPSA) is 96.9 Å². The van der Waals surface area contributed by atoms with Crippen molar-refractivity contribution in [2.75, 3.05) is 6.61 Å². The lowest BCUT2D eigenvalue weighted by atomic mass is 9.47. The number of amides is 2. The Balaban J connectivity index is 1.25. The highest BCUT2D eigenvalue weighted by Crippen LogP contribution is 2.62. The van der Waals surface area contributed by atoms with E-state index in [9.17, 15) is 14.7 Å². The van der Waals surface area contributed by atoms with Crippen molar-refractivity contribution in [1.82, 2.24) is 10.9 Å². The number of carbonyl (C=O) groups is 2. The van der Waals surface area contributed by atoms with Crippen molar-refractivity contribution in [2.45, 2.75) is 70.5 Å². The van der Waals surface area contributed by atoms with Crippen LogP contribution in [0.3, 0.4) is 0 Å². The number of hydrazine groups is 1. The van der Waals surface area contributed by atoms with Crippen LogP contribution in [0.15, 0.2) is 24.3 Å². The largest absolute Gasteiger partial charge is 0.494 e. The summed E-state index contributed by atoms with van der Waals surface area (Å²) in [4.78, 5) is 24.9. The first kappa shape index (κ1) is 21.0. The van der Waals surface area contributed by atoms with Crippen LogP contribution in [0.5, 0.6) is 11.5 Å². The number of nitrogens with one attached hydrogen (secondary N) is 2. The third-order valence-corrected chi connectivity index (χ3v) is 6.83. The van der Waals surface area contributed by atoms with Gasteiger partial charge in [-0.05, 0) is 93.9 Å². The molecular weight excluding hydrogens is 384 g/mol. The molecule has 4 aliphatic carbocycles. The van der Waals surface area contributed by atoms with Crippen LogP contribution >= 0.6 is 0 Å². The quantitative estimate of drug-likeness (QED) is 0.594. The molecule has 0 radical (unpaired) electrons. The molecule has 0 spiro atoms. The molecule has 1 aromatic rings. The van der Waals surface area contributed by atoms with Crippen molar-refractivity contribution >= 4 is 11.8 Å². The fraction of sp³-hybridized carbons (Fsp3) is 0.652. The zero-order valence-electron chi connectivity index (χ0n) is 17.8. The minimum Gasteiger partial charge on any atom is -0.494 e. The standard InChI is InChI=1S/C23H32N2O5/c1-3-29-18-4-6-19(7-5-18)30-15(2)21(27)25-24-20(26)13-22-9-16-8-17(10-22)12-23(28,11-16)14-22/h4-7,15-17,28H,3,8-14H2,1-2H3,(H,24,26)(H,25,27)/t15-,16-,17+,22?,23?/m1/s1. The summed E-state index contributed by atoms with van der Waals surface area (Å²) >= 11 is 0. The van der Waals surface area contributed by atoms with Crippen LogP contribution in [0.4, 0.5) is 0 Å². The van der Waals surface area contributed by atoms with Gasteiger partial charge in [-0.3, -0.25) is 20.4 Å². The van der Waals surface area contributed by atoms with Gasteiger partial charge in [0.05, 0.1) is 12.2 Å². The number of rotatable bonds is 7. The number of aliphatic hydroxyl groups is 1. The van der Waals surface area contributed by atoms with Crippen molar-refractivity contribution in [3.05, 3.63) is 24.3 Å². The van der Waals surface area contributed by atoms with Crippen LogP contribution in [-0.2, 0) is 9.59 Å². The summed E-state index contributed by atoms with van der Waals surface area (Å²) in [6, 6.07) is 7.05. The Kier molecular flexibility index (Phi) is 5.66. The summed E-state index contributed by atoms with van der Waals surface area (Å²) < 4.78 is 11.0. The van der Waals surface area contributed by atoms with Crippen LogP contribution in [0.2, 0.25) is 0 Å². The van der Waals surface area contributed by atoms with Crippen molar-refractivity contribution < 1.29 is 24.2 Å². The Hall–Kier alpha value is -2.28. The third kappa shape index (κ3) is 4.56. The second-order valence-corrected chi connectivity index (χ2v) is 9.56. The van der Waals surface area contributed by atoms with Gasteiger partial charge in [0, 0.05) is 6.42 Å². The molecule has 0 saturated heterocycles. The first-order chi connectivity index (χ1) is 14.3. The Morgan fingerprint density at radius 1 is 1.10 bits per heavy atom. The smallest absolute Gasteiger partial charge is 0.279 e. The molecule has 7 heteroatoms. The normalized spacial score (nSPS) is 32.4. The van der Waals surface area contributed by atoms with E-state index in [2.05, 4.69) is 10.9 Å². The van der Waals surface area contributed by atoms with Gasteiger partial charge in [0.2, 0.25) is 5.91 Å². The predicted molar refractivity (Wildman–Crippen MR) is 111 cm³/mol. The maximum atomic E-state index is 12.6. The van der Waals surface area contributed by atoms with Crippen LogP contribution in [0, 0.1) is 17.3 Å². The maximum Gasteiger partial charge on any atom is 0.279 e. The highest BCUT2D eigenvalue weighted by molar-refractivity contribution is 5.84. The average Bonchev–Trinajstić information content (AvgIpc) is 2.65. The Morgan fingerprint density at radius 3 is 2.33 bits per heavy atom. The van der Waals surface area contributed by atoms with E-state index < -0.39 is 17.6 Å². The zero-order valence-corrected chi connectivity index (χ0v) is 17.8. The minimum absolute atomic E-state index is 0.127. The predicted octanol–water partition coefficient (Wildman–Crippen LogP) is 2.72. The second kappa shape index (κ2) is 8.10. The van der Waals surface area contributed by atoms with Crippen LogP contribution in [0.25, 0.3) is 0 Å². The Bertz CT molecular complexity index is 779. The summed E-state index contributed by atoms with van der Waals surface area (Å²) in [5.74, 6) is 1.73. The molecule has 4 saturated carbocycles. The third-order valence-electron chi connectivity index (χ3n) is 6.83. The Labute approximate surface area is 177 Å². The number of carbonyl (C=O) groups excluding carboxylic acids is 2. The monoisotopic (exact) mass is 416 g/mol. The van der Waals surface area contributed by atoms with Gasteiger partial charge in [0.1, 0.15) is 11.5 Å². The summed E-state index contributed by atoms with van der Waals surface area (Å²) in [6.07, 6.45) is 5.23. The number of hydrogen-bond donors (Lipinski definition) is 3. The molecule has 2 amide bonds. The van der Waals surface area contributed by atoms with Gasteiger partial charge in [-0.1, -0.05) is 0 Å². The first-order valence-electron chi connectivity index (χ1n) is 11.0. The number of benzene rings is 1. The van der Waals surface area contributed by atoms with Crippen molar-refractivity contribution in [3.8, 4) is 11.5 Å². The minimum atomic E-state index is -0.761. The molecule has 3 N–H and O–H groups in total. The van der Waals surface area contributed by atoms with E-state index in [1.165, 1.54) is 6.42 Å². The van der Waals surface area contributed by atoms with Gasteiger partial charge in [0.15, 0.2) is 6.10 Å². The summed E-state index contributed by atoms with van der Waals surface area (Å²) in [5, 5.41) is 10.8. The van der Waals surface area contributed by atoms with Gasteiger partial charge >= 0.3 is 0 Å². The summed E-state index contributed by atoms with van der Waals surface area (Å²) in [7, 11) is 0.